The molecule has 1 radical (unpaired) electrons. The van der Waals surface area contributed by atoms with Gasteiger partial charge in [0.25, 0.3) is 0 Å². The molecule has 13 heteroatoms. The first-order valence-electron chi connectivity index (χ1n) is 13.4. The molecule has 0 spiro atoms. The Morgan fingerprint density at radius 2 is 1.56 bits per heavy atom. The zero-order valence-corrected chi connectivity index (χ0v) is 27.8. The fourth-order valence-corrected chi connectivity index (χ4v) is 3.07. The highest BCUT2D eigenvalue weighted by Gasteiger charge is 2.41. The van der Waals surface area contributed by atoms with E-state index in [1.165, 1.54) is 11.8 Å². The number of rotatable bonds is 9. The van der Waals surface area contributed by atoms with Crippen LogP contribution in [0.25, 0.3) is 0 Å². The van der Waals surface area contributed by atoms with Crippen LogP contribution in [0.1, 0.15) is 43.6 Å². The Morgan fingerprint density at radius 3 is 1.91 bits per heavy atom. The van der Waals surface area contributed by atoms with Crippen molar-refractivity contribution < 1.29 is 60.6 Å². The van der Waals surface area contributed by atoms with Gasteiger partial charge in [-0.15, -0.1) is 0 Å². The maximum absolute atomic E-state index is 12.3. The monoisotopic (exact) mass is 638 g/mol. The number of likely N-dealkylation sites (N-methyl/N-ethyl adjacent to an activating group) is 1. The molecule has 0 aliphatic carbocycles. The third-order valence-electron chi connectivity index (χ3n) is 5.17. The highest BCUT2D eigenvalue weighted by atomic mass is 35.5. The Balaban J connectivity index is 0. The van der Waals surface area contributed by atoms with Crippen LogP contribution in [0.2, 0.25) is 6.82 Å². The van der Waals surface area contributed by atoms with E-state index in [0.717, 1.165) is 0 Å². The number of ketones is 3. The zero-order chi connectivity index (χ0) is 32.3. The minimum Gasteiger partial charge on any atom is -1.00 e. The molecule has 2 unspecified atom stereocenters. The molecule has 10 nitrogen and oxygen atoms in total. The van der Waals surface area contributed by atoms with Crippen molar-refractivity contribution in [1.82, 2.24) is 0 Å². The summed E-state index contributed by atoms with van der Waals surface area (Å²) < 4.78 is 14.3. The molecule has 0 bridgehead atoms. The second kappa shape index (κ2) is 22.4. The van der Waals surface area contributed by atoms with Crippen LogP contribution in [0, 0.1) is 5.41 Å². The van der Waals surface area contributed by atoms with Crippen LogP contribution in [0.4, 0.5) is 0 Å². The Morgan fingerprint density at radius 1 is 1.05 bits per heavy atom. The van der Waals surface area contributed by atoms with E-state index in [1.54, 1.807) is 57.2 Å². The molecule has 3 rings (SSSR count). The molecule has 2 N–H and O–H groups in total. The number of ether oxygens (including phenoxy) is 3. The van der Waals surface area contributed by atoms with Gasteiger partial charge in [0.15, 0.2) is 5.78 Å². The van der Waals surface area contributed by atoms with Gasteiger partial charge in [0, 0.05) is 18.1 Å². The number of cyclic esters (lactones) is 1. The molecule has 43 heavy (non-hydrogen) atoms. The highest BCUT2D eigenvalue weighted by Crippen LogP contribution is 2.23. The largest absolute Gasteiger partial charge is 1.00 e. The maximum Gasteiger partial charge on any atom is 0.375 e. The van der Waals surface area contributed by atoms with Crippen molar-refractivity contribution in [3.05, 3.63) is 65.7 Å². The zero-order valence-electron chi connectivity index (χ0n) is 25.8. The van der Waals surface area contributed by atoms with Gasteiger partial charge < -0.3 is 36.6 Å². The number of aliphatic hydroxyl groups is 1. The first-order valence-corrected chi connectivity index (χ1v) is 14.0. The van der Waals surface area contributed by atoms with Crippen molar-refractivity contribution in [3.8, 4) is 5.75 Å². The number of benzene rings is 2. The lowest BCUT2D eigenvalue weighted by atomic mass is 9.92. The SMILES string of the molecule is CC1(C)COC(=O)C1=O.CCOC(=O)C(C)=O.C[B]P.C[NH+](C)CC(O)COc1ccc(C(=O)c2ccccc2)cc1.[Cl-]. The smallest absolute Gasteiger partial charge is 0.375 e. The molecule has 1 aliphatic rings. The van der Waals surface area contributed by atoms with E-state index in [0.29, 0.717) is 23.4 Å². The summed E-state index contributed by atoms with van der Waals surface area (Å²) in [5, 5.41) is 9.77. The summed E-state index contributed by atoms with van der Waals surface area (Å²) in [5.74, 6) is -1.78. The van der Waals surface area contributed by atoms with Crippen LogP contribution in [-0.2, 0) is 28.7 Å². The van der Waals surface area contributed by atoms with Gasteiger partial charge in [-0.25, -0.2) is 9.59 Å². The fourth-order valence-electron chi connectivity index (χ4n) is 3.07. The fraction of sp³-hybridized carbons (Fsp3) is 0.433. The van der Waals surface area contributed by atoms with Crippen LogP contribution in [0.15, 0.2) is 54.6 Å². The molecular weight excluding hydrogens is 596 g/mol. The van der Waals surface area contributed by atoms with Gasteiger partial charge in [0.2, 0.25) is 11.6 Å². The summed E-state index contributed by atoms with van der Waals surface area (Å²) in [6, 6.07) is 16.2. The Labute approximate surface area is 263 Å². The van der Waals surface area contributed by atoms with Crippen LogP contribution in [-0.4, -0.2) is 88.0 Å². The minimum atomic E-state index is -0.757. The quantitative estimate of drug-likeness (QED) is 0.112. The molecule has 2 aromatic carbocycles. The van der Waals surface area contributed by atoms with Gasteiger partial charge in [-0.3, -0.25) is 14.4 Å². The summed E-state index contributed by atoms with van der Waals surface area (Å²) >= 11 is 0. The van der Waals surface area contributed by atoms with Gasteiger partial charge >= 0.3 is 11.9 Å². The van der Waals surface area contributed by atoms with E-state index in [-0.39, 0.29) is 38.0 Å². The van der Waals surface area contributed by atoms with Gasteiger partial charge in [-0.05, 0) is 45.0 Å². The number of quaternary nitrogens is 1. The van der Waals surface area contributed by atoms with E-state index in [2.05, 4.69) is 18.6 Å². The van der Waals surface area contributed by atoms with Crippen molar-refractivity contribution in [2.45, 2.75) is 40.6 Å². The molecule has 237 valence electrons. The van der Waals surface area contributed by atoms with Crippen LogP contribution >= 0.6 is 9.12 Å². The third-order valence-corrected chi connectivity index (χ3v) is 5.17. The summed E-state index contributed by atoms with van der Waals surface area (Å²) in [6.07, 6.45) is -0.504. The predicted octanol–water partition coefficient (Wildman–Crippen LogP) is -1.39. The molecule has 2 atom stereocenters. The number of esters is 2. The summed E-state index contributed by atoms with van der Waals surface area (Å²) in [6.45, 7) is 11.5. The first kappa shape index (κ1) is 42.0. The predicted molar refractivity (Wildman–Crippen MR) is 164 cm³/mol. The normalized spacial score (nSPS) is 13.2. The van der Waals surface area contributed by atoms with Crippen LogP contribution in [0.3, 0.4) is 0 Å². The van der Waals surface area contributed by atoms with E-state index < -0.39 is 35.0 Å². The van der Waals surface area contributed by atoms with Crippen molar-refractivity contribution in [3.63, 3.8) is 0 Å². The lowest BCUT2D eigenvalue weighted by molar-refractivity contribution is -0.861. The number of carbonyl (C=O) groups excluding carboxylic acids is 5. The lowest BCUT2D eigenvalue weighted by Gasteiger charge is -2.14. The number of nitrogens with one attached hydrogen (secondary N) is 1. The molecular formula is C30H43BClNO9P. The third kappa shape index (κ3) is 17.6. The Bertz CT molecular complexity index is 1150. The summed E-state index contributed by atoms with van der Waals surface area (Å²) in [4.78, 5) is 54.8. The van der Waals surface area contributed by atoms with Crippen molar-refractivity contribution in [2.75, 3.05) is 40.5 Å². The average molecular weight is 639 g/mol. The van der Waals surface area contributed by atoms with Gasteiger partial charge in [-0.1, -0.05) is 37.2 Å². The number of aliphatic hydroxyl groups excluding tert-OH is 1. The van der Waals surface area contributed by atoms with Crippen molar-refractivity contribution >= 4 is 45.4 Å². The summed E-state index contributed by atoms with van der Waals surface area (Å²) in [5.41, 5.74) is 0.703. The first-order chi connectivity index (χ1) is 19.7. The number of Topliss-reactive ketones (excluding diaryl/α,β-unsaturated/α-hetero) is 2. The van der Waals surface area contributed by atoms with Gasteiger partial charge in [0.05, 0.1) is 26.1 Å². The number of carbonyl (C=O) groups is 5. The highest BCUT2D eigenvalue weighted by molar-refractivity contribution is 7.55. The van der Waals surface area contributed by atoms with Crippen molar-refractivity contribution in [1.29, 1.82) is 0 Å². The standard InChI is InChI=1S/C18H21NO3.C6H8O3.C5H8O3.CH5BP.ClH/c1-19(2)12-16(20)13-22-17-10-8-15(9-11-17)18(21)14-6-4-3-5-7-14;1-6(2)3-9-5(8)4(6)7;1-3-8-5(7)4(2)6;1-2-3;/h3-11,16,20H,12-13H2,1-2H3;3H2,1-2H3;3H2,1-2H3;3H2,1H3;1H. The molecule has 2 aromatic rings. The van der Waals surface area contributed by atoms with Gasteiger partial charge in [0.1, 0.15) is 38.6 Å². The van der Waals surface area contributed by atoms with Crippen LogP contribution in [0.5, 0.6) is 5.75 Å². The molecule has 1 saturated heterocycles. The van der Waals surface area contributed by atoms with E-state index in [4.69, 9.17) is 4.74 Å². The summed E-state index contributed by atoms with van der Waals surface area (Å²) in [7, 11) is 6.41. The van der Waals surface area contributed by atoms with Crippen LogP contribution < -0.4 is 22.0 Å². The minimum absolute atomic E-state index is 0. The molecule has 1 heterocycles. The molecule has 1 aliphatic heterocycles. The second-order valence-corrected chi connectivity index (χ2v) is 10.7. The van der Waals surface area contributed by atoms with Gasteiger partial charge in [-0.2, -0.15) is 9.12 Å². The number of hydrogen-bond acceptors (Lipinski definition) is 9. The number of hydrogen-bond donors (Lipinski definition) is 2. The van der Waals surface area contributed by atoms with E-state index >= 15 is 0 Å². The lowest BCUT2D eigenvalue weighted by Crippen LogP contribution is -3.07. The Hall–Kier alpha value is -3.11. The average Bonchev–Trinajstić information content (AvgIpc) is 3.19. The Kier molecular flexibility index (Phi) is 21.9. The van der Waals surface area contributed by atoms with E-state index in [9.17, 15) is 29.1 Å². The number of halogens is 1. The topological polar surface area (TPSA) is 138 Å². The second-order valence-electron chi connectivity index (χ2n) is 9.99. The molecule has 0 aromatic heterocycles. The van der Waals surface area contributed by atoms with E-state index in [1.807, 2.05) is 46.1 Å². The van der Waals surface area contributed by atoms with Crippen molar-refractivity contribution in [2.24, 2.45) is 5.41 Å². The molecule has 0 amide bonds. The molecule has 0 saturated carbocycles. The molecule has 1 fully saturated rings. The maximum atomic E-state index is 12.3.